The lowest BCUT2D eigenvalue weighted by Gasteiger charge is -2.42. The molecular weight excluding hydrogens is 344 g/mol. The van der Waals surface area contributed by atoms with Gasteiger partial charge in [-0.3, -0.25) is 19.2 Å². The fraction of sp³-hybridized carbons (Fsp3) is 0.643. The van der Waals surface area contributed by atoms with E-state index in [4.69, 9.17) is 23.7 Å². The number of rotatable bonds is 5. The fourth-order valence-corrected chi connectivity index (χ4v) is 2.23. The average Bonchev–Trinajstić information content (AvgIpc) is 2.42. The van der Waals surface area contributed by atoms with Gasteiger partial charge in [0.25, 0.3) is 0 Å². The summed E-state index contributed by atoms with van der Waals surface area (Å²) in [5.74, 6) is -5.03. The van der Waals surface area contributed by atoms with Crippen LogP contribution in [-0.4, -0.2) is 65.7 Å². The Hall–Kier alpha value is -2.69. The Kier molecular flexibility index (Phi) is 6.86. The third-order valence-corrected chi connectivity index (χ3v) is 2.93. The summed E-state index contributed by atoms with van der Waals surface area (Å²) in [5, 5.41) is 9.29. The van der Waals surface area contributed by atoms with Gasteiger partial charge in [-0.05, 0) is 0 Å². The van der Waals surface area contributed by atoms with Gasteiger partial charge in [-0.1, -0.05) is 0 Å². The Morgan fingerprint density at radius 2 is 1.08 bits per heavy atom. The molecule has 0 radical (unpaired) electrons. The van der Waals surface area contributed by atoms with Crippen LogP contribution in [0.25, 0.3) is 0 Å². The second-order valence-electron chi connectivity index (χ2n) is 5.09. The lowest BCUT2D eigenvalue weighted by molar-refractivity contribution is -0.293. The van der Waals surface area contributed by atoms with E-state index in [-0.39, 0.29) is 0 Å². The van der Waals surface area contributed by atoms with Gasteiger partial charge in [0.05, 0.1) is 0 Å². The smallest absolute Gasteiger partial charge is 0.337 e. The standard InChI is InChI=1S/C14H18O11/c1-5(15)21-9-10(22-6(2)16)12(23-7(3)17)14(24-8(4)18)25-11(9)13(19)20/h9-12,14H,1-4H3,(H,19,20)/t9-,10?,11?,12?,14+/m0/s1. The van der Waals surface area contributed by atoms with Crippen molar-refractivity contribution >= 4 is 29.8 Å². The largest absolute Gasteiger partial charge is 0.479 e. The zero-order chi connectivity index (χ0) is 19.3. The van der Waals surface area contributed by atoms with Gasteiger partial charge in [-0.2, -0.15) is 0 Å². The molecule has 0 aromatic rings. The second kappa shape index (κ2) is 8.42. The van der Waals surface area contributed by atoms with E-state index < -0.39 is 60.6 Å². The van der Waals surface area contributed by atoms with Gasteiger partial charge in [0, 0.05) is 27.7 Å². The number of carboxylic acid groups (broad SMARTS) is 1. The maximum absolute atomic E-state index is 11.4. The summed E-state index contributed by atoms with van der Waals surface area (Å²) < 4.78 is 24.8. The van der Waals surface area contributed by atoms with E-state index in [9.17, 15) is 29.1 Å². The third-order valence-electron chi connectivity index (χ3n) is 2.93. The van der Waals surface area contributed by atoms with E-state index in [0.717, 1.165) is 27.7 Å². The highest BCUT2D eigenvalue weighted by Crippen LogP contribution is 2.29. The van der Waals surface area contributed by atoms with Crippen LogP contribution in [0.5, 0.6) is 0 Å². The van der Waals surface area contributed by atoms with Crippen LogP contribution in [0.1, 0.15) is 27.7 Å². The SMILES string of the molecule is CC(=O)OC1C(OC(C)=O)[C@H](OC(C)=O)C(C(=O)O)O[C@H]1OC(C)=O. The molecule has 11 nitrogen and oxygen atoms in total. The quantitative estimate of drug-likeness (QED) is 0.481. The van der Waals surface area contributed by atoms with Crippen molar-refractivity contribution in [3.63, 3.8) is 0 Å². The van der Waals surface area contributed by atoms with Crippen LogP contribution in [0.4, 0.5) is 0 Å². The summed E-state index contributed by atoms with van der Waals surface area (Å²) >= 11 is 0. The Labute approximate surface area is 142 Å². The van der Waals surface area contributed by atoms with E-state index in [0.29, 0.717) is 0 Å². The molecule has 0 bridgehead atoms. The van der Waals surface area contributed by atoms with Gasteiger partial charge in [0.15, 0.2) is 18.3 Å². The van der Waals surface area contributed by atoms with E-state index in [1.807, 2.05) is 0 Å². The summed E-state index contributed by atoms with van der Waals surface area (Å²) in [4.78, 5) is 56.7. The molecular formula is C14H18O11. The molecule has 1 N–H and O–H groups in total. The van der Waals surface area contributed by atoms with Crippen molar-refractivity contribution in [2.45, 2.75) is 58.4 Å². The monoisotopic (exact) mass is 362 g/mol. The molecule has 11 heteroatoms. The number of hydrogen-bond donors (Lipinski definition) is 1. The highest BCUT2D eigenvalue weighted by molar-refractivity contribution is 5.75. The molecule has 25 heavy (non-hydrogen) atoms. The zero-order valence-corrected chi connectivity index (χ0v) is 13.9. The lowest BCUT2D eigenvalue weighted by atomic mass is 9.98. The molecule has 5 atom stereocenters. The van der Waals surface area contributed by atoms with Gasteiger partial charge in [-0.15, -0.1) is 0 Å². The molecule has 1 aliphatic rings. The highest BCUT2D eigenvalue weighted by Gasteiger charge is 2.55. The Balaban J connectivity index is 3.33. The van der Waals surface area contributed by atoms with Crippen LogP contribution in [0.15, 0.2) is 0 Å². The zero-order valence-electron chi connectivity index (χ0n) is 13.9. The summed E-state index contributed by atoms with van der Waals surface area (Å²) in [7, 11) is 0. The third kappa shape index (κ3) is 5.71. The molecule has 1 rings (SSSR count). The van der Waals surface area contributed by atoms with Gasteiger partial charge in [0.1, 0.15) is 0 Å². The molecule has 3 unspecified atom stereocenters. The van der Waals surface area contributed by atoms with Gasteiger partial charge >= 0.3 is 29.8 Å². The Morgan fingerprint density at radius 1 is 0.680 bits per heavy atom. The Bertz CT molecular complexity index is 569. The normalized spacial score (nSPS) is 28.4. The number of aliphatic carboxylic acids is 1. The first-order valence-electron chi connectivity index (χ1n) is 7.10. The molecule has 0 aromatic heterocycles. The van der Waals surface area contributed by atoms with Gasteiger partial charge in [0.2, 0.25) is 12.4 Å². The minimum atomic E-state index is -1.83. The highest BCUT2D eigenvalue weighted by atomic mass is 16.7. The molecule has 1 aliphatic heterocycles. The molecule has 0 aliphatic carbocycles. The van der Waals surface area contributed by atoms with Crippen LogP contribution in [0.3, 0.4) is 0 Å². The Morgan fingerprint density at radius 3 is 1.48 bits per heavy atom. The molecule has 0 amide bonds. The van der Waals surface area contributed by atoms with Crippen LogP contribution in [-0.2, 0) is 47.7 Å². The van der Waals surface area contributed by atoms with E-state index in [2.05, 4.69) is 0 Å². The molecule has 1 saturated heterocycles. The van der Waals surface area contributed by atoms with Crippen LogP contribution in [0, 0.1) is 0 Å². The van der Waals surface area contributed by atoms with Crippen LogP contribution in [0.2, 0.25) is 0 Å². The first-order chi connectivity index (χ1) is 11.5. The number of hydrogen-bond acceptors (Lipinski definition) is 10. The van der Waals surface area contributed by atoms with Crippen molar-refractivity contribution < 1.29 is 52.8 Å². The molecule has 1 fully saturated rings. The molecule has 0 saturated carbocycles. The number of carbonyl (C=O) groups excluding carboxylic acids is 4. The van der Waals surface area contributed by atoms with E-state index in [1.54, 1.807) is 0 Å². The topological polar surface area (TPSA) is 152 Å². The number of esters is 4. The molecule has 0 spiro atoms. The van der Waals surface area contributed by atoms with Crippen molar-refractivity contribution in [3.8, 4) is 0 Å². The van der Waals surface area contributed by atoms with Crippen molar-refractivity contribution in [1.29, 1.82) is 0 Å². The second-order valence-corrected chi connectivity index (χ2v) is 5.09. The minimum Gasteiger partial charge on any atom is -0.479 e. The van der Waals surface area contributed by atoms with Crippen molar-refractivity contribution in [2.24, 2.45) is 0 Å². The summed E-state index contributed by atoms with van der Waals surface area (Å²) in [6.07, 6.45) is -8.24. The summed E-state index contributed by atoms with van der Waals surface area (Å²) in [6, 6.07) is 0. The first-order valence-corrected chi connectivity index (χ1v) is 7.10. The number of ether oxygens (including phenoxy) is 5. The van der Waals surface area contributed by atoms with Crippen molar-refractivity contribution in [3.05, 3.63) is 0 Å². The summed E-state index contributed by atoms with van der Waals surface area (Å²) in [5.41, 5.74) is 0. The first kappa shape index (κ1) is 20.4. The molecule has 0 aromatic carbocycles. The minimum absolute atomic E-state index is 0.849. The maximum Gasteiger partial charge on any atom is 0.337 e. The molecule has 1 heterocycles. The lowest BCUT2D eigenvalue weighted by Crippen LogP contribution is -2.63. The van der Waals surface area contributed by atoms with E-state index >= 15 is 0 Å². The fourth-order valence-electron chi connectivity index (χ4n) is 2.23. The predicted molar refractivity (Wildman–Crippen MR) is 74.7 cm³/mol. The van der Waals surface area contributed by atoms with Crippen LogP contribution < -0.4 is 0 Å². The van der Waals surface area contributed by atoms with E-state index in [1.165, 1.54) is 0 Å². The number of carboxylic acids is 1. The van der Waals surface area contributed by atoms with Crippen LogP contribution >= 0.6 is 0 Å². The van der Waals surface area contributed by atoms with Crippen molar-refractivity contribution in [2.75, 3.05) is 0 Å². The van der Waals surface area contributed by atoms with Gasteiger partial charge < -0.3 is 28.8 Å². The number of carbonyl (C=O) groups is 5. The van der Waals surface area contributed by atoms with Crippen molar-refractivity contribution in [1.82, 2.24) is 0 Å². The average molecular weight is 362 g/mol. The predicted octanol–water partition coefficient (Wildman–Crippen LogP) is -0.846. The summed E-state index contributed by atoms with van der Waals surface area (Å²) in [6.45, 7) is 4.06. The maximum atomic E-state index is 11.4. The van der Waals surface area contributed by atoms with Gasteiger partial charge in [-0.25, -0.2) is 4.79 Å². The molecule has 140 valence electrons.